The average Bonchev–Trinajstić information content (AvgIpc) is 3.56. The van der Waals surface area contributed by atoms with Crippen molar-refractivity contribution in [1.82, 2.24) is 29.3 Å². The molecule has 40 heavy (non-hydrogen) atoms. The third-order valence-electron chi connectivity index (χ3n) is 7.64. The van der Waals surface area contributed by atoms with Crippen LogP contribution in [-0.2, 0) is 18.3 Å². The molecule has 0 radical (unpaired) electrons. The molecule has 1 saturated carbocycles. The number of benzene rings is 1. The Hall–Kier alpha value is -3.92. The molecular weight excluding hydrogens is 506 g/mol. The van der Waals surface area contributed by atoms with E-state index in [1.165, 1.54) is 12.8 Å². The SMILES string of the molecule is Cn1c(-c2cc3cccnc3n2CC2CC2)nc2cc(C(=O)NC3CC(N)CN(C(=O)OC(C)(C)C)C3)ccc21. The molecule has 2 aliphatic rings. The van der Waals surface area contributed by atoms with Crippen LogP contribution >= 0.6 is 0 Å². The molecule has 10 heteroatoms. The zero-order chi connectivity index (χ0) is 28.2. The maximum Gasteiger partial charge on any atom is 0.410 e. The second kappa shape index (κ2) is 9.92. The zero-order valence-corrected chi connectivity index (χ0v) is 23.6. The van der Waals surface area contributed by atoms with Gasteiger partial charge in [0.05, 0.1) is 16.7 Å². The second-order valence-corrected chi connectivity index (χ2v) is 12.2. The molecule has 210 valence electrons. The van der Waals surface area contributed by atoms with Crippen LogP contribution in [0.3, 0.4) is 0 Å². The number of carbonyl (C=O) groups excluding carboxylic acids is 2. The fourth-order valence-corrected chi connectivity index (χ4v) is 5.57. The van der Waals surface area contributed by atoms with Gasteiger partial charge in [-0.2, -0.15) is 0 Å². The normalized spacial score (nSPS) is 19.8. The summed E-state index contributed by atoms with van der Waals surface area (Å²) in [6.45, 7) is 7.17. The summed E-state index contributed by atoms with van der Waals surface area (Å²) in [4.78, 5) is 37.1. The number of amides is 2. The summed E-state index contributed by atoms with van der Waals surface area (Å²) in [5.41, 5.74) is 9.84. The number of imidazole rings is 1. The largest absolute Gasteiger partial charge is 0.444 e. The number of nitrogens with one attached hydrogen (secondary N) is 1. The van der Waals surface area contributed by atoms with E-state index >= 15 is 0 Å². The molecule has 1 aromatic carbocycles. The maximum absolute atomic E-state index is 13.3. The fraction of sp³-hybridized carbons (Fsp3) is 0.467. The molecule has 1 aliphatic carbocycles. The van der Waals surface area contributed by atoms with E-state index in [1.54, 1.807) is 4.90 Å². The number of carbonyl (C=O) groups is 2. The van der Waals surface area contributed by atoms with Gasteiger partial charge >= 0.3 is 6.09 Å². The van der Waals surface area contributed by atoms with Crippen LogP contribution in [0.4, 0.5) is 4.79 Å². The van der Waals surface area contributed by atoms with Crippen molar-refractivity contribution in [2.24, 2.45) is 18.7 Å². The molecule has 4 aromatic rings. The number of aryl methyl sites for hydroxylation is 1. The van der Waals surface area contributed by atoms with Crippen LogP contribution < -0.4 is 11.1 Å². The van der Waals surface area contributed by atoms with E-state index in [1.807, 2.05) is 58.3 Å². The van der Waals surface area contributed by atoms with Crippen molar-refractivity contribution in [2.45, 2.75) is 64.3 Å². The Balaban J connectivity index is 1.24. The summed E-state index contributed by atoms with van der Waals surface area (Å²) in [6.07, 6.45) is 4.49. The van der Waals surface area contributed by atoms with Crippen molar-refractivity contribution in [2.75, 3.05) is 13.1 Å². The molecule has 4 heterocycles. The van der Waals surface area contributed by atoms with Crippen LogP contribution in [0.1, 0.15) is 50.4 Å². The number of likely N-dealkylation sites (tertiary alicyclic amines) is 1. The number of pyridine rings is 1. The Bertz CT molecular complexity index is 1590. The number of nitrogens with zero attached hydrogens (tertiary/aromatic N) is 5. The van der Waals surface area contributed by atoms with Gasteiger partial charge in [0.2, 0.25) is 0 Å². The van der Waals surface area contributed by atoms with E-state index in [2.05, 4.69) is 31.6 Å². The van der Waals surface area contributed by atoms with E-state index in [4.69, 9.17) is 15.5 Å². The van der Waals surface area contributed by atoms with Gasteiger partial charge in [-0.3, -0.25) is 4.79 Å². The Morgan fingerprint density at radius 1 is 1.15 bits per heavy atom. The van der Waals surface area contributed by atoms with E-state index < -0.39 is 11.7 Å². The van der Waals surface area contributed by atoms with Gasteiger partial charge in [-0.05, 0) is 82.3 Å². The van der Waals surface area contributed by atoms with Crippen molar-refractivity contribution < 1.29 is 14.3 Å². The van der Waals surface area contributed by atoms with Crippen molar-refractivity contribution in [3.8, 4) is 11.5 Å². The van der Waals surface area contributed by atoms with Gasteiger partial charge in [0.1, 0.15) is 11.2 Å². The van der Waals surface area contributed by atoms with Gasteiger partial charge in [0.25, 0.3) is 5.91 Å². The number of piperidine rings is 1. The van der Waals surface area contributed by atoms with Gasteiger partial charge in [0, 0.05) is 55.9 Å². The molecule has 3 N–H and O–H groups in total. The molecular formula is C30H37N7O3. The molecule has 0 spiro atoms. The minimum Gasteiger partial charge on any atom is -0.444 e. The Labute approximate surface area is 233 Å². The number of nitrogens with two attached hydrogens (primary N) is 1. The Kier molecular flexibility index (Phi) is 6.53. The number of aromatic nitrogens is 4. The Morgan fingerprint density at radius 3 is 2.70 bits per heavy atom. The highest BCUT2D eigenvalue weighted by Crippen LogP contribution is 2.36. The summed E-state index contributed by atoms with van der Waals surface area (Å²) < 4.78 is 9.88. The monoisotopic (exact) mass is 543 g/mol. The number of hydrogen-bond acceptors (Lipinski definition) is 6. The minimum atomic E-state index is -0.600. The van der Waals surface area contributed by atoms with Gasteiger partial charge in [-0.1, -0.05) is 0 Å². The number of hydrogen-bond donors (Lipinski definition) is 2. The third kappa shape index (κ3) is 5.28. The van der Waals surface area contributed by atoms with Crippen LogP contribution in [0.15, 0.2) is 42.6 Å². The molecule has 2 unspecified atom stereocenters. The van der Waals surface area contributed by atoms with E-state index in [0.717, 1.165) is 40.1 Å². The van der Waals surface area contributed by atoms with Crippen molar-refractivity contribution in [3.05, 3.63) is 48.2 Å². The number of ether oxygens (including phenoxy) is 1. The van der Waals surface area contributed by atoms with Crippen molar-refractivity contribution in [3.63, 3.8) is 0 Å². The van der Waals surface area contributed by atoms with Crippen LogP contribution in [-0.4, -0.2) is 66.8 Å². The molecule has 3 aromatic heterocycles. The van der Waals surface area contributed by atoms with Crippen molar-refractivity contribution >= 4 is 34.1 Å². The minimum absolute atomic E-state index is 0.218. The lowest BCUT2D eigenvalue weighted by atomic mass is 10.0. The quantitative estimate of drug-likeness (QED) is 0.392. The predicted molar refractivity (Wildman–Crippen MR) is 154 cm³/mol. The first-order chi connectivity index (χ1) is 19.1. The summed E-state index contributed by atoms with van der Waals surface area (Å²) in [6, 6.07) is 11.3. The van der Waals surface area contributed by atoms with Crippen LogP contribution in [0.25, 0.3) is 33.6 Å². The van der Waals surface area contributed by atoms with Gasteiger partial charge < -0.3 is 29.8 Å². The average molecular weight is 544 g/mol. The van der Waals surface area contributed by atoms with E-state index in [9.17, 15) is 9.59 Å². The molecule has 2 fully saturated rings. The van der Waals surface area contributed by atoms with E-state index in [-0.39, 0.29) is 18.0 Å². The standard InChI is InChI=1S/C30H37N7O3/c1-30(2,3)40-29(39)36-16-21(31)14-22(17-36)33-28(38)20-9-10-24-23(12-20)34-27(35(24)4)25-13-19-6-5-11-32-26(19)37(25)15-18-7-8-18/h5-6,9-13,18,21-22H,7-8,14-17,31H2,1-4H3,(H,33,38). The molecule has 0 bridgehead atoms. The van der Waals surface area contributed by atoms with Crippen molar-refractivity contribution in [1.29, 1.82) is 0 Å². The summed E-state index contributed by atoms with van der Waals surface area (Å²) in [7, 11) is 2.01. The van der Waals surface area contributed by atoms with E-state index in [0.29, 0.717) is 31.0 Å². The molecule has 1 saturated heterocycles. The van der Waals surface area contributed by atoms with Crippen LogP contribution in [0, 0.1) is 5.92 Å². The number of fused-ring (bicyclic) bond motifs is 2. The third-order valence-corrected chi connectivity index (χ3v) is 7.64. The predicted octanol–water partition coefficient (Wildman–Crippen LogP) is 4.07. The molecule has 10 nitrogen and oxygen atoms in total. The smallest absolute Gasteiger partial charge is 0.410 e. The molecule has 1 aliphatic heterocycles. The van der Waals surface area contributed by atoms with Gasteiger partial charge in [-0.15, -0.1) is 0 Å². The van der Waals surface area contributed by atoms with Gasteiger partial charge in [-0.25, -0.2) is 14.8 Å². The zero-order valence-electron chi connectivity index (χ0n) is 23.6. The Morgan fingerprint density at radius 2 is 1.95 bits per heavy atom. The molecule has 2 atom stereocenters. The lowest BCUT2D eigenvalue weighted by molar-refractivity contribution is 0.0167. The first kappa shape index (κ1) is 26.3. The molecule has 6 rings (SSSR count). The first-order valence-corrected chi connectivity index (χ1v) is 14.0. The lowest BCUT2D eigenvalue weighted by Crippen LogP contribution is -2.57. The van der Waals surface area contributed by atoms with Gasteiger partial charge in [0.15, 0.2) is 5.82 Å². The topological polar surface area (TPSA) is 120 Å². The highest BCUT2D eigenvalue weighted by Gasteiger charge is 2.32. The summed E-state index contributed by atoms with van der Waals surface area (Å²) in [5.74, 6) is 1.31. The highest BCUT2D eigenvalue weighted by atomic mass is 16.6. The van der Waals surface area contributed by atoms with Crippen LogP contribution in [0.2, 0.25) is 0 Å². The second-order valence-electron chi connectivity index (χ2n) is 12.2. The lowest BCUT2D eigenvalue weighted by Gasteiger charge is -2.37. The maximum atomic E-state index is 13.3. The highest BCUT2D eigenvalue weighted by molar-refractivity contribution is 5.98. The first-order valence-electron chi connectivity index (χ1n) is 14.0. The molecule has 2 amide bonds. The number of rotatable bonds is 5. The fourth-order valence-electron chi connectivity index (χ4n) is 5.57. The van der Waals surface area contributed by atoms with Crippen LogP contribution in [0.5, 0.6) is 0 Å². The summed E-state index contributed by atoms with van der Waals surface area (Å²) in [5, 5.41) is 4.16. The summed E-state index contributed by atoms with van der Waals surface area (Å²) >= 11 is 0.